The number of morpholine rings is 1. The van der Waals surface area contributed by atoms with E-state index in [1.807, 2.05) is 24.4 Å². The van der Waals surface area contributed by atoms with Crippen LogP contribution in [0.5, 0.6) is 0 Å². The molecule has 0 saturated carbocycles. The van der Waals surface area contributed by atoms with Crippen molar-refractivity contribution in [2.24, 2.45) is 0 Å². The Morgan fingerprint density at radius 2 is 1.88 bits per heavy atom. The molecule has 1 aromatic carbocycles. The second-order valence-electron chi connectivity index (χ2n) is 6.48. The maximum atomic E-state index is 5.99. The van der Waals surface area contributed by atoms with Crippen LogP contribution < -0.4 is 0 Å². The van der Waals surface area contributed by atoms with Gasteiger partial charge in [-0.05, 0) is 36.2 Å². The minimum absolute atomic E-state index is 0.259. The molecule has 0 spiro atoms. The predicted molar refractivity (Wildman–Crippen MR) is 98.7 cm³/mol. The van der Waals surface area contributed by atoms with Gasteiger partial charge >= 0.3 is 0 Å². The highest BCUT2D eigenvalue weighted by molar-refractivity contribution is 5.27. The normalized spacial score (nSPS) is 18.3. The Bertz CT molecular complexity index is 785. The number of rotatable bonds is 5. The van der Waals surface area contributed by atoms with E-state index >= 15 is 0 Å². The molecule has 4 nitrogen and oxygen atoms in total. The van der Waals surface area contributed by atoms with Crippen LogP contribution >= 0.6 is 0 Å². The standard InChI is InChI=1S/C21H23N3O/c1-2-7-18(8-3-1)15-20-17-23(13-14-25-20)16-19-9-6-12-24(19)21-10-4-5-11-22-21/h1-12,20H,13-17H2. The summed E-state index contributed by atoms with van der Waals surface area (Å²) >= 11 is 0. The second-order valence-corrected chi connectivity index (χ2v) is 6.48. The molecule has 0 aliphatic carbocycles. The van der Waals surface area contributed by atoms with Gasteiger partial charge in [-0.1, -0.05) is 36.4 Å². The smallest absolute Gasteiger partial charge is 0.136 e. The topological polar surface area (TPSA) is 30.3 Å². The number of hydrogen-bond donors (Lipinski definition) is 0. The average molecular weight is 333 g/mol. The van der Waals surface area contributed by atoms with Gasteiger partial charge in [0.1, 0.15) is 5.82 Å². The van der Waals surface area contributed by atoms with Gasteiger partial charge in [-0.2, -0.15) is 0 Å². The van der Waals surface area contributed by atoms with Crippen LogP contribution in [0.25, 0.3) is 5.82 Å². The molecule has 2 aromatic heterocycles. The van der Waals surface area contributed by atoms with E-state index in [9.17, 15) is 0 Å². The van der Waals surface area contributed by atoms with Gasteiger partial charge in [0.15, 0.2) is 0 Å². The second kappa shape index (κ2) is 7.64. The molecule has 1 fully saturated rings. The van der Waals surface area contributed by atoms with Crippen molar-refractivity contribution in [1.29, 1.82) is 0 Å². The van der Waals surface area contributed by atoms with E-state index in [-0.39, 0.29) is 6.10 Å². The molecule has 1 atom stereocenters. The van der Waals surface area contributed by atoms with E-state index in [0.29, 0.717) is 0 Å². The van der Waals surface area contributed by atoms with Crippen molar-refractivity contribution < 1.29 is 4.74 Å². The summed E-state index contributed by atoms with van der Waals surface area (Å²) < 4.78 is 8.15. The number of ether oxygens (including phenoxy) is 1. The van der Waals surface area contributed by atoms with Crippen LogP contribution in [-0.2, 0) is 17.7 Å². The molecule has 3 aromatic rings. The number of hydrogen-bond acceptors (Lipinski definition) is 3. The van der Waals surface area contributed by atoms with Gasteiger partial charge in [0.05, 0.1) is 12.7 Å². The summed E-state index contributed by atoms with van der Waals surface area (Å²) in [7, 11) is 0. The fraction of sp³-hybridized carbons (Fsp3) is 0.286. The molecule has 0 bridgehead atoms. The first-order valence-corrected chi connectivity index (χ1v) is 8.84. The summed E-state index contributed by atoms with van der Waals surface area (Å²) in [5, 5.41) is 0. The number of nitrogens with zero attached hydrogens (tertiary/aromatic N) is 3. The molecule has 0 radical (unpaired) electrons. The highest BCUT2D eigenvalue weighted by atomic mass is 16.5. The van der Waals surface area contributed by atoms with Gasteiger partial charge < -0.3 is 9.30 Å². The van der Waals surface area contributed by atoms with Crippen molar-refractivity contribution in [1.82, 2.24) is 14.5 Å². The van der Waals surface area contributed by atoms with Crippen LogP contribution in [0.15, 0.2) is 73.1 Å². The van der Waals surface area contributed by atoms with E-state index < -0.39 is 0 Å². The molecule has 1 saturated heterocycles. The molecule has 25 heavy (non-hydrogen) atoms. The van der Waals surface area contributed by atoms with E-state index in [1.54, 1.807) is 0 Å². The Balaban J connectivity index is 1.42. The predicted octanol–water partition coefficient (Wildman–Crippen LogP) is 3.32. The van der Waals surface area contributed by atoms with Gasteiger partial charge in [-0.3, -0.25) is 4.90 Å². The van der Waals surface area contributed by atoms with Crippen molar-refractivity contribution in [3.05, 3.63) is 84.3 Å². The Kier molecular flexibility index (Phi) is 4.91. The third-order valence-corrected chi connectivity index (χ3v) is 4.64. The highest BCUT2D eigenvalue weighted by Crippen LogP contribution is 2.16. The molecule has 128 valence electrons. The Morgan fingerprint density at radius 1 is 1.00 bits per heavy atom. The summed E-state index contributed by atoms with van der Waals surface area (Å²) in [6.45, 7) is 3.64. The molecule has 1 unspecified atom stereocenters. The Labute approximate surface area is 148 Å². The highest BCUT2D eigenvalue weighted by Gasteiger charge is 2.21. The van der Waals surface area contributed by atoms with E-state index in [0.717, 1.165) is 38.5 Å². The van der Waals surface area contributed by atoms with Crippen molar-refractivity contribution in [2.45, 2.75) is 19.1 Å². The molecule has 0 N–H and O–H groups in total. The summed E-state index contributed by atoms with van der Waals surface area (Å²) in [5.74, 6) is 0.969. The summed E-state index contributed by atoms with van der Waals surface area (Å²) in [4.78, 5) is 6.94. The van der Waals surface area contributed by atoms with Crippen LogP contribution in [0, 0.1) is 0 Å². The monoisotopic (exact) mass is 333 g/mol. The zero-order valence-corrected chi connectivity index (χ0v) is 14.3. The number of pyridine rings is 1. The van der Waals surface area contributed by atoms with Gasteiger partial charge in [-0.25, -0.2) is 4.98 Å². The minimum Gasteiger partial charge on any atom is -0.375 e. The maximum Gasteiger partial charge on any atom is 0.136 e. The van der Waals surface area contributed by atoms with Crippen LogP contribution in [0.1, 0.15) is 11.3 Å². The average Bonchev–Trinajstić information content (AvgIpc) is 3.12. The molecular formula is C21H23N3O. The molecule has 3 heterocycles. The number of benzene rings is 1. The molecule has 1 aliphatic heterocycles. The van der Waals surface area contributed by atoms with Gasteiger partial charge in [0.2, 0.25) is 0 Å². The van der Waals surface area contributed by atoms with Gasteiger partial charge in [0.25, 0.3) is 0 Å². The Hall–Kier alpha value is -2.43. The number of aromatic nitrogens is 2. The molecule has 4 rings (SSSR count). The van der Waals surface area contributed by atoms with E-state index in [4.69, 9.17) is 4.74 Å². The van der Waals surface area contributed by atoms with Crippen LogP contribution in [0.3, 0.4) is 0 Å². The molecule has 4 heteroatoms. The van der Waals surface area contributed by atoms with Crippen LogP contribution in [-0.4, -0.2) is 40.3 Å². The largest absolute Gasteiger partial charge is 0.375 e. The fourth-order valence-electron chi connectivity index (χ4n) is 3.42. The van der Waals surface area contributed by atoms with Crippen molar-refractivity contribution in [3.63, 3.8) is 0 Å². The zero-order chi connectivity index (χ0) is 16.9. The minimum atomic E-state index is 0.259. The first-order chi connectivity index (χ1) is 12.4. The molecular weight excluding hydrogens is 310 g/mol. The lowest BCUT2D eigenvalue weighted by Gasteiger charge is -2.33. The van der Waals surface area contributed by atoms with Crippen LogP contribution in [0.4, 0.5) is 0 Å². The maximum absolute atomic E-state index is 5.99. The third-order valence-electron chi connectivity index (χ3n) is 4.64. The summed E-state index contributed by atoms with van der Waals surface area (Å²) in [6, 6.07) is 20.9. The van der Waals surface area contributed by atoms with Gasteiger partial charge in [0, 0.05) is 37.7 Å². The first kappa shape index (κ1) is 16.1. The summed E-state index contributed by atoms with van der Waals surface area (Å²) in [6.07, 6.45) is 5.15. The third kappa shape index (κ3) is 3.98. The molecule has 0 amide bonds. The quantitative estimate of drug-likeness (QED) is 0.717. The lowest BCUT2D eigenvalue weighted by molar-refractivity contribution is -0.0309. The Morgan fingerprint density at radius 3 is 2.72 bits per heavy atom. The zero-order valence-electron chi connectivity index (χ0n) is 14.3. The van der Waals surface area contributed by atoms with Gasteiger partial charge in [-0.15, -0.1) is 0 Å². The summed E-state index contributed by atoms with van der Waals surface area (Å²) in [5.41, 5.74) is 2.60. The van der Waals surface area contributed by atoms with Crippen LogP contribution in [0.2, 0.25) is 0 Å². The lowest BCUT2D eigenvalue weighted by atomic mass is 10.1. The first-order valence-electron chi connectivity index (χ1n) is 8.84. The van der Waals surface area contributed by atoms with Crippen molar-refractivity contribution in [3.8, 4) is 5.82 Å². The van der Waals surface area contributed by atoms with E-state index in [1.165, 1.54) is 11.3 Å². The molecule has 1 aliphatic rings. The lowest BCUT2D eigenvalue weighted by Crippen LogP contribution is -2.43. The van der Waals surface area contributed by atoms with Crippen molar-refractivity contribution in [2.75, 3.05) is 19.7 Å². The van der Waals surface area contributed by atoms with Crippen molar-refractivity contribution >= 4 is 0 Å². The van der Waals surface area contributed by atoms with E-state index in [2.05, 4.69) is 63.1 Å². The SMILES string of the molecule is c1ccc(CC2CN(Cc3cccn3-c3ccccn3)CCO2)cc1. The fourth-order valence-corrected chi connectivity index (χ4v) is 3.42.